The van der Waals surface area contributed by atoms with Gasteiger partial charge in [-0.2, -0.15) is 0 Å². The molecule has 0 saturated carbocycles. The van der Waals surface area contributed by atoms with E-state index in [0.717, 1.165) is 71.3 Å². The minimum Gasteiger partial charge on any atom is -0.456 e. The van der Waals surface area contributed by atoms with Crippen molar-refractivity contribution in [1.29, 1.82) is 0 Å². The second-order valence-corrected chi connectivity index (χ2v) is 12.0. The molecule has 0 spiro atoms. The van der Waals surface area contributed by atoms with Gasteiger partial charge in [0.2, 0.25) is 0 Å². The first kappa shape index (κ1) is 26.6. The highest BCUT2D eigenvalue weighted by molar-refractivity contribution is 6.13. The summed E-state index contributed by atoms with van der Waals surface area (Å²) in [5.74, 6) is 1.76. The van der Waals surface area contributed by atoms with Gasteiger partial charge in [-0.25, -0.2) is 15.0 Å². The molecule has 3 aromatic heterocycles. The van der Waals surface area contributed by atoms with Gasteiger partial charge >= 0.3 is 0 Å². The van der Waals surface area contributed by atoms with Gasteiger partial charge in [-0.15, -0.1) is 0 Å². The molecule has 0 aliphatic rings. The normalized spacial score (nSPS) is 11.8. The molecule has 10 rings (SSSR count). The molecule has 224 valence electrons. The molecule has 0 aliphatic carbocycles. The zero-order valence-electron chi connectivity index (χ0n) is 25.6. The number of hydrogen-bond donors (Lipinski definition) is 0. The summed E-state index contributed by atoms with van der Waals surface area (Å²) < 4.78 is 12.5. The summed E-state index contributed by atoms with van der Waals surface area (Å²) in [6, 6.07) is 51.7. The van der Waals surface area contributed by atoms with E-state index in [0.29, 0.717) is 17.5 Å². The van der Waals surface area contributed by atoms with E-state index in [4.69, 9.17) is 23.8 Å². The van der Waals surface area contributed by atoms with Crippen LogP contribution in [0, 0.1) is 0 Å². The Kier molecular flexibility index (Phi) is 5.81. The zero-order chi connectivity index (χ0) is 31.6. The van der Waals surface area contributed by atoms with Crippen LogP contribution in [0.3, 0.4) is 0 Å². The Morgan fingerprint density at radius 1 is 0.333 bits per heavy atom. The van der Waals surface area contributed by atoms with Crippen LogP contribution in [0.4, 0.5) is 0 Å². The van der Waals surface area contributed by atoms with Crippen molar-refractivity contribution < 1.29 is 8.83 Å². The topological polar surface area (TPSA) is 65.0 Å². The number of rotatable bonds is 4. The Balaban J connectivity index is 1.22. The summed E-state index contributed by atoms with van der Waals surface area (Å²) in [5.41, 5.74) is 8.30. The maximum atomic E-state index is 6.25. The third-order valence-electron chi connectivity index (χ3n) is 9.13. The second-order valence-electron chi connectivity index (χ2n) is 12.0. The van der Waals surface area contributed by atoms with E-state index in [1.165, 1.54) is 11.1 Å². The first-order chi connectivity index (χ1) is 23.8. The number of para-hydroxylation sites is 2. The molecular formula is C43H25N3O2. The SMILES string of the molecule is c1ccc(-c2ccc3cc(-c4nc(-c5cccc6oc7ccccc7c56)nc(-c5cccc6oc7ccccc7c56)n4)ccc3c2)cc1. The van der Waals surface area contributed by atoms with Crippen molar-refractivity contribution in [3.05, 3.63) is 152 Å². The van der Waals surface area contributed by atoms with Crippen LogP contribution < -0.4 is 0 Å². The average molecular weight is 616 g/mol. The smallest absolute Gasteiger partial charge is 0.164 e. The highest BCUT2D eigenvalue weighted by atomic mass is 16.3. The van der Waals surface area contributed by atoms with Gasteiger partial charge in [-0.05, 0) is 58.3 Å². The molecule has 48 heavy (non-hydrogen) atoms. The standard InChI is InChI=1S/C43H25N3O2/c1-2-10-26(11-3-1)27-20-21-29-25-30(23-22-28(29)24-27)41-44-42(33-14-8-18-37-39(33)31-12-4-6-16-35(31)47-37)46-43(45-41)34-15-9-19-38-40(34)32-13-5-7-17-36(32)48-38/h1-25H. The summed E-state index contributed by atoms with van der Waals surface area (Å²) in [6.07, 6.45) is 0. The van der Waals surface area contributed by atoms with Crippen molar-refractivity contribution in [1.82, 2.24) is 15.0 Å². The Labute approximate surface area is 274 Å². The van der Waals surface area contributed by atoms with E-state index in [1.807, 2.05) is 66.7 Å². The van der Waals surface area contributed by atoms with E-state index in [1.54, 1.807) is 0 Å². The van der Waals surface area contributed by atoms with Crippen molar-refractivity contribution in [3.8, 4) is 45.3 Å². The monoisotopic (exact) mass is 615 g/mol. The van der Waals surface area contributed by atoms with Gasteiger partial charge in [0.15, 0.2) is 17.5 Å². The van der Waals surface area contributed by atoms with E-state index in [2.05, 4.69) is 84.9 Å². The van der Waals surface area contributed by atoms with Crippen LogP contribution in [0.5, 0.6) is 0 Å². The van der Waals surface area contributed by atoms with E-state index in [9.17, 15) is 0 Å². The molecule has 0 N–H and O–H groups in total. The van der Waals surface area contributed by atoms with Crippen molar-refractivity contribution in [3.63, 3.8) is 0 Å². The Hall–Kier alpha value is -6.59. The van der Waals surface area contributed by atoms with E-state index >= 15 is 0 Å². The average Bonchev–Trinajstić information content (AvgIpc) is 3.73. The molecule has 0 saturated heterocycles. The molecule has 5 nitrogen and oxygen atoms in total. The fourth-order valence-corrected chi connectivity index (χ4v) is 6.86. The third kappa shape index (κ3) is 4.22. The summed E-state index contributed by atoms with van der Waals surface area (Å²) in [7, 11) is 0. The van der Waals surface area contributed by atoms with Crippen LogP contribution in [0.25, 0.3) is 99.9 Å². The van der Waals surface area contributed by atoms with Crippen LogP contribution in [-0.4, -0.2) is 15.0 Å². The molecule has 0 unspecified atom stereocenters. The molecule has 0 atom stereocenters. The molecule has 0 amide bonds. The lowest BCUT2D eigenvalue weighted by atomic mass is 9.99. The van der Waals surface area contributed by atoms with Crippen LogP contribution in [-0.2, 0) is 0 Å². The van der Waals surface area contributed by atoms with Crippen LogP contribution >= 0.6 is 0 Å². The molecule has 0 fully saturated rings. The van der Waals surface area contributed by atoms with Crippen molar-refractivity contribution >= 4 is 54.6 Å². The molecule has 3 heterocycles. The van der Waals surface area contributed by atoms with Gasteiger partial charge in [0.25, 0.3) is 0 Å². The highest BCUT2D eigenvalue weighted by Gasteiger charge is 2.20. The Bertz CT molecular complexity index is 2720. The van der Waals surface area contributed by atoms with Crippen molar-refractivity contribution in [2.45, 2.75) is 0 Å². The fraction of sp³-hybridized carbons (Fsp3) is 0. The first-order valence-electron chi connectivity index (χ1n) is 15.9. The molecule has 10 aromatic rings. The zero-order valence-corrected chi connectivity index (χ0v) is 25.6. The summed E-state index contributed by atoms with van der Waals surface area (Å²) in [4.78, 5) is 15.5. The van der Waals surface area contributed by atoms with Crippen LogP contribution in [0.15, 0.2) is 160 Å². The number of nitrogens with zero attached hydrogens (tertiary/aromatic N) is 3. The second kappa shape index (κ2) is 10.5. The van der Waals surface area contributed by atoms with E-state index < -0.39 is 0 Å². The summed E-state index contributed by atoms with van der Waals surface area (Å²) >= 11 is 0. The Morgan fingerprint density at radius 2 is 0.812 bits per heavy atom. The number of fused-ring (bicyclic) bond motifs is 7. The minimum atomic E-state index is 0.580. The number of aromatic nitrogens is 3. The van der Waals surface area contributed by atoms with Gasteiger partial charge < -0.3 is 8.83 Å². The maximum Gasteiger partial charge on any atom is 0.164 e. The van der Waals surface area contributed by atoms with Gasteiger partial charge in [0.1, 0.15) is 22.3 Å². The fourth-order valence-electron chi connectivity index (χ4n) is 6.86. The predicted molar refractivity (Wildman–Crippen MR) is 194 cm³/mol. The molecule has 0 bridgehead atoms. The molecule has 0 radical (unpaired) electrons. The van der Waals surface area contributed by atoms with Gasteiger partial charge in [-0.3, -0.25) is 0 Å². The minimum absolute atomic E-state index is 0.580. The molecule has 5 heteroatoms. The van der Waals surface area contributed by atoms with E-state index in [-0.39, 0.29) is 0 Å². The van der Waals surface area contributed by atoms with Gasteiger partial charge in [-0.1, -0.05) is 115 Å². The van der Waals surface area contributed by atoms with Crippen molar-refractivity contribution in [2.24, 2.45) is 0 Å². The Morgan fingerprint density at radius 3 is 1.42 bits per heavy atom. The van der Waals surface area contributed by atoms with Gasteiger partial charge in [0.05, 0.1) is 0 Å². The van der Waals surface area contributed by atoms with Gasteiger partial charge in [0, 0.05) is 38.2 Å². The number of furan rings is 2. The van der Waals surface area contributed by atoms with Crippen LogP contribution in [0.1, 0.15) is 0 Å². The lowest BCUT2D eigenvalue weighted by Crippen LogP contribution is -2.00. The van der Waals surface area contributed by atoms with Crippen LogP contribution in [0.2, 0.25) is 0 Å². The third-order valence-corrected chi connectivity index (χ3v) is 9.13. The molecule has 7 aromatic carbocycles. The largest absolute Gasteiger partial charge is 0.456 e. The predicted octanol–water partition coefficient (Wildman–Crippen LogP) is 11.5. The molecule has 0 aliphatic heterocycles. The first-order valence-corrected chi connectivity index (χ1v) is 15.9. The highest BCUT2D eigenvalue weighted by Crippen LogP contribution is 2.39. The lowest BCUT2D eigenvalue weighted by molar-refractivity contribution is 0.668. The molecular weight excluding hydrogens is 590 g/mol. The van der Waals surface area contributed by atoms with Crippen molar-refractivity contribution in [2.75, 3.05) is 0 Å². The maximum absolute atomic E-state index is 6.25. The number of hydrogen-bond acceptors (Lipinski definition) is 5. The quantitative estimate of drug-likeness (QED) is 0.197. The summed E-state index contributed by atoms with van der Waals surface area (Å²) in [5, 5.41) is 6.27. The summed E-state index contributed by atoms with van der Waals surface area (Å²) in [6.45, 7) is 0. The number of benzene rings is 7. The lowest BCUT2D eigenvalue weighted by Gasteiger charge is -2.11.